The summed E-state index contributed by atoms with van der Waals surface area (Å²) in [5.41, 5.74) is 0. The van der Waals surface area contributed by atoms with Crippen LogP contribution in [0, 0.1) is 23.7 Å². The van der Waals surface area contributed by atoms with E-state index in [1.807, 2.05) is 0 Å². The minimum atomic E-state index is -4.95. The van der Waals surface area contributed by atoms with Crippen LogP contribution in [0.5, 0.6) is 0 Å². The summed E-state index contributed by atoms with van der Waals surface area (Å²) in [5.74, 6) is 0.898. The van der Waals surface area contributed by atoms with Crippen LogP contribution >= 0.6 is 15.6 Å². The van der Waals surface area contributed by atoms with Crippen LogP contribution < -0.4 is 0 Å². The summed E-state index contributed by atoms with van der Waals surface area (Å²) in [5, 5.41) is 10.6. The van der Waals surface area contributed by atoms with Crippen LogP contribution in [-0.4, -0.2) is 96.7 Å². The predicted molar refractivity (Wildman–Crippen MR) is 372 cm³/mol. The first-order chi connectivity index (χ1) is 44.1. The number of unbranched alkanes of at least 4 members (excludes halogenated alkanes) is 35. The molecule has 0 aliphatic heterocycles. The molecule has 0 radical (unpaired) electrons. The zero-order chi connectivity index (χ0) is 68.2. The molecule has 0 bridgehead atoms. The lowest BCUT2D eigenvalue weighted by Crippen LogP contribution is -2.30. The summed E-state index contributed by atoms with van der Waals surface area (Å²) in [6.45, 7) is 14.1. The van der Waals surface area contributed by atoms with Crippen LogP contribution in [-0.2, 0) is 65.4 Å². The van der Waals surface area contributed by atoms with Crippen molar-refractivity contribution in [1.29, 1.82) is 0 Å². The number of aliphatic hydroxyl groups is 1. The van der Waals surface area contributed by atoms with Crippen molar-refractivity contribution in [2.45, 2.75) is 382 Å². The maximum atomic E-state index is 13.0. The highest BCUT2D eigenvalue weighted by atomic mass is 31.2. The summed E-state index contributed by atoms with van der Waals surface area (Å²) >= 11 is 0. The van der Waals surface area contributed by atoms with Gasteiger partial charge in [-0.15, -0.1) is 0 Å². The minimum absolute atomic E-state index is 0.104. The molecule has 0 amide bonds. The van der Waals surface area contributed by atoms with E-state index in [9.17, 15) is 43.2 Å². The van der Waals surface area contributed by atoms with Crippen LogP contribution in [0.15, 0.2) is 0 Å². The molecular formula is C73H142O17P2. The number of phosphoric ester groups is 2. The Labute approximate surface area is 562 Å². The molecule has 0 heterocycles. The Morgan fingerprint density at radius 2 is 0.522 bits per heavy atom. The third-order valence-electron chi connectivity index (χ3n) is 17.2. The largest absolute Gasteiger partial charge is 0.472 e. The summed E-state index contributed by atoms with van der Waals surface area (Å²) in [6.07, 6.45) is 45.8. The maximum absolute atomic E-state index is 13.0. The van der Waals surface area contributed by atoms with Crippen molar-refractivity contribution < 1.29 is 80.2 Å². The SMILES string of the molecule is CCC(C)CCCCCCCCCCC(=O)O[C@H](COC(=O)CCCCCCCCCCC(C)C)COP(=O)(O)OCC(O)COP(=O)(O)OC[C@@H](COC(=O)CCCCCCCCCCC(C)C)OC(=O)CCCCCCCCCCCCCCCCCC(C)C. The molecule has 0 aliphatic carbocycles. The Kier molecular flexibility index (Phi) is 61.3. The fourth-order valence-corrected chi connectivity index (χ4v) is 12.6. The monoisotopic (exact) mass is 1350 g/mol. The molecule has 6 atom stereocenters. The van der Waals surface area contributed by atoms with Crippen molar-refractivity contribution in [3.05, 3.63) is 0 Å². The lowest BCUT2D eigenvalue weighted by molar-refractivity contribution is -0.161. The highest BCUT2D eigenvalue weighted by Crippen LogP contribution is 2.45. The van der Waals surface area contributed by atoms with Gasteiger partial charge < -0.3 is 33.8 Å². The quantitative estimate of drug-likeness (QED) is 0.0222. The van der Waals surface area contributed by atoms with Gasteiger partial charge in [0.2, 0.25) is 0 Å². The number of hydrogen-bond donors (Lipinski definition) is 3. The van der Waals surface area contributed by atoms with Gasteiger partial charge in [-0.2, -0.15) is 0 Å². The molecular weight excluding hydrogens is 1210 g/mol. The number of ether oxygens (including phenoxy) is 4. The van der Waals surface area contributed by atoms with E-state index >= 15 is 0 Å². The predicted octanol–water partition coefficient (Wildman–Crippen LogP) is 20.9. The van der Waals surface area contributed by atoms with E-state index in [4.69, 9.17) is 37.0 Å². The second kappa shape index (κ2) is 62.6. The lowest BCUT2D eigenvalue weighted by Gasteiger charge is -2.21. The Hall–Kier alpha value is -1.94. The van der Waals surface area contributed by atoms with Gasteiger partial charge in [-0.1, -0.05) is 312 Å². The molecule has 3 N–H and O–H groups in total. The Morgan fingerprint density at radius 3 is 0.772 bits per heavy atom. The second-order valence-electron chi connectivity index (χ2n) is 28.0. The summed E-state index contributed by atoms with van der Waals surface area (Å²) in [6, 6.07) is 0. The number of esters is 4. The first-order valence-electron chi connectivity index (χ1n) is 37.7. The maximum Gasteiger partial charge on any atom is 0.472 e. The topological polar surface area (TPSA) is 237 Å². The smallest absolute Gasteiger partial charge is 0.462 e. The first-order valence-corrected chi connectivity index (χ1v) is 40.7. The fraction of sp³-hybridized carbons (Fsp3) is 0.945. The average Bonchev–Trinajstić information content (AvgIpc) is 1.62. The van der Waals surface area contributed by atoms with E-state index in [0.717, 1.165) is 114 Å². The average molecular weight is 1350 g/mol. The molecule has 0 aromatic heterocycles. The van der Waals surface area contributed by atoms with E-state index in [-0.39, 0.29) is 25.7 Å². The van der Waals surface area contributed by atoms with Gasteiger partial charge in [0.15, 0.2) is 12.2 Å². The third-order valence-corrected chi connectivity index (χ3v) is 19.1. The van der Waals surface area contributed by atoms with Gasteiger partial charge in [0.05, 0.1) is 26.4 Å². The molecule has 0 fully saturated rings. The molecule has 0 spiro atoms. The van der Waals surface area contributed by atoms with Crippen molar-refractivity contribution in [3.63, 3.8) is 0 Å². The van der Waals surface area contributed by atoms with Crippen LogP contribution in [0.1, 0.15) is 364 Å². The van der Waals surface area contributed by atoms with Crippen LogP contribution in [0.4, 0.5) is 0 Å². The van der Waals surface area contributed by atoms with Gasteiger partial charge in [-0.05, 0) is 49.4 Å². The zero-order valence-electron chi connectivity index (χ0n) is 60.2. The van der Waals surface area contributed by atoms with Gasteiger partial charge in [0.1, 0.15) is 19.3 Å². The van der Waals surface area contributed by atoms with E-state index in [1.54, 1.807) is 0 Å². The molecule has 0 rings (SSSR count). The highest BCUT2D eigenvalue weighted by Gasteiger charge is 2.30. The molecule has 92 heavy (non-hydrogen) atoms. The summed E-state index contributed by atoms with van der Waals surface area (Å²) in [7, 11) is -9.91. The lowest BCUT2D eigenvalue weighted by atomic mass is 9.99. The molecule has 17 nitrogen and oxygen atoms in total. The molecule has 0 saturated heterocycles. The zero-order valence-corrected chi connectivity index (χ0v) is 62.0. The number of aliphatic hydroxyl groups excluding tert-OH is 1. The number of phosphoric acid groups is 2. The Balaban J connectivity index is 5.24. The highest BCUT2D eigenvalue weighted by molar-refractivity contribution is 7.47. The van der Waals surface area contributed by atoms with Crippen molar-refractivity contribution >= 4 is 39.5 Å². The van der Waals surface area contributed by atoms with E-state index in [0.29, 0.717) is 25.7 Å². The number of carbonyl (C=O) groups is 4. The first kappa shape index (κ1) is 90.1. The van der Waals surface area contributed by atoms with Crippen LogP contribution in [0.3, 0.4) is 0 Å². The number of rotatable bonds is 70. The Morgan fingerprint density at radius 1 is 0.304 bits per heavy atom. The fourth-order valence-electron chi connectivity index (χ4n) is 11.0. The van der Waals surface area contributed by atoms with E-state index in [2.05, 4.69) is 55.4 Å². The molecule has 19 heteroatoms. The van der Waals surface area contributed by atoms with Crippen molar-refractivity contribution in [1.82, 2.24) is 0 Å². The minimum Gasteiger partial charge on any atom is -0.462 e. The van der Waals surface area contributed by atoms with E-state index in [1.165, 1.54) is 167 Å². The van der Waals surface area contributed by atoms with Gasteiger partial charge in [-0.3, -0.25) is 37.3 Å². The van der Waals surface area contributed by atoms with E-state index < -0.39 is 97.5 Å². The van der Waals surface area contributed by atoms with Crippen LogP contribution in [0.25, 0.3) is 0 Å². The molecule has 0 aromatic rings. The summed E-state index contributed by atoms with van der Waals surface area (Å²) < 4.78 is 68.4. The van der Waals surface area contributed by atoms with Crippen molar-refractivity contribution in [3.8, 4) is 0 Å². The van der Waals surface area contributed by atoms with Gasteiger partial charge in [0.25, 0.3) is 0 Å². The van der Waals surface area contributed by atoms with Crippen molar-refractivity contribution in [2.24, 2.45) is 23.7 Å². The molecule has 0 saturated carbocycles. The molecule has 0 aliphatic rings. The van der Waals surface area contributed by atoms with Crippen molar-refractivity contribution in [2.75, 3.05) is 39.6 Å². The second-order valence-corrected chi connectivity index (χ2v) is 30.9. The standard InChI is InChI=1S/C73H142O17P2/c1-9-66(8)52-44-36-28-21-24-32-40-48-56-73(78)90-69(60-84-71(76)54-46-38-30-23-20-27-35-43-51-65(6)7)62-88-92(81,82)86-58-67(74)57-85-91(79,80)87-61-68(59-83-70(75)53-45-37-29-22-19-26-34-42-50-64(4)5)89-72(77)55-47-39-31-18-16-14-12-10-11-13-15-17-25-33-41-49-63(2)3/h63-69,74H,9-62H2,1-8H3,(H,79,80)(H,81,82)/t66?,67?,68-,69-/m1/s1. The van der Waals surface area contributed by atoms with Gasteiger partial charge in [0, 0.05) is 25.7 Å². The van der Waals surface area contributed by atoms with Gasteiger partial charge in [-0.25, -0.2) is 9.13 Å². The summed E-state index contributed by atoms with van der Waals surface area (Å²) in [4.78, 5) is 72.7. The molecule has 0 aromatic carbocycles. The number of carbonyl (C=O) groups excluding carboxylic acids is 4. The normalized spacial score (nSPS) is 14.5. The number of hydrogen-bond acceptors (Lipinski definition) is 15. The molecule has 4 unspecified atom stereocenters. The van der Waals surface area contributed by atoms with Gasteiger partial charge >= 0.3 is 39.5 Å². The van der Waals surface area contributed by atoms with Crippen LogP contribution in [0.2, 0.25) is 0 Å². The Bertz CT molecular complexity index is 1820. The third kappa shape index (κ3) is 65.4. The molecule has 546 valence electrons.